The molecule has 2 heterocycles. The number of anilines is 1. The Morgan fingerprint density at radius 2 is 1.81 bits per heavy atom. The van der Waals surface area contributed by atoms with Crippen LogP contribution in [-0.4, -0.2) is 48.0 Å². The van der Waals surface area contributed by atoms with E-state index in [4.69, 9.17) is 9.15 Å². The molecule has 1 fully saturated rings. The molecule has 0 saturated carbocycles. The summed E-state index contributed by atoms with van der Waals surface area (Å²) in [7, 11) is 0. The van der Waals surface area contributed by atoms with Crippen LogP contribution < -0.4 is 5.32 Å². The molecule has 1 aromatic heterocycles. The van der Waals surface area contributed by atoms with Crippen LogP contribution in [0.5, 0.6) is 0 Å². The summed E-state index contributed by atoms with van der Waals surface area (Å²) in [5.41, 5.74) is 3.11. The second kappa shape index (κ2) is 9.57. The van der Waals surface area contributed by atoms with Gasteiger partial charge in [0.1, 0.15) is 0 Å². The number of ether oxygens (including phenoxy) is 1. The molecular formula is C24H25N3O4. The summed E-state index contributed by atoms with van der Waals surface area (Å²) in [5, 5.41) is 2.86. The quantitative estimate of drug-likeness (QED) is 0.659. The fraction of sp³-hybridized carbons (Fsp3) is 0.292. The van der Waals surface area contributed by atoms with Crippen LogP contribution in [0.15, 0.2) is 59.1 Å². The van der Waals surface area contributed by atoms with Gasteiger partial charge in [0.2, 0.25) is 5.91 Å². The molecule has 1 saturated heterocycles. The van der Waals surface area contributed by atoms with Gasteiger partial charge in [-0.25, -0.2) is 4.98 Å². The predicted molar refractivity (Wildman–Crippen MR) is 117 cm³/mol. The van der Waals surface area contributed by atoms with Crippen molar-refractivity contribution in [2.45, 2.75) is 19.8 Å². The summed E-state index contributed by atoms with van der Waals surface area (Å²) in [6.45, 7) is 4.19. The Morgan fingerprint density at radius 3 is 2.58 bits per heavy atom. The average Bonchev–Trinajstić information content (AvgIpc) is 3.28. The normalized spacial score (nSPS) is 13.8. The van der Waals surface area contributed by atoms with E-state index in [1.165, 1.54) is 5.56 Å². The van der Waals surface area contributed by atoms with Crippen LogP contribution in [0.4, 0.5) is 5.69 Å². The first-order valence-electron chi connectivity index (χ1n) is 10.4. The van der Waals surface area contributed by atoms with E-state index in [2.05, 4.69) is 10.3 Å². The maximum atomic E-state index is 12.8. The Balaban J connectivity index is 1.36. The van der Waals surface area contributed by atoms with E-state index in [0.717, 1.165) is 5.56 Å². The Morgan fingerprint density at radius 1 is 1.06 bits per heavy atom. The number of morpholine rings is 1. The number of hydrogen-bond donors (Lipinski definition) is 1. The number of benzene rings is 2. The van der Waals surface area contributed by atoms with E-state index in [1.807, 2.05) is 31.2 Å². The van der Waals surface area contributed by atoms with Gasteiger partial charge in [-0.05, 0) is 19.1 Å². The first kappa shape index (κ1) is 20.8. The van der Waals surface area contributed by atoms with Crippen LogP contribution in [0, 0.1) is 6.92 Å². The molecule has 7 nitrogen and oxygen atoms in total. The summed E-state index contributed by atoms with van der Waals surface area (Å²) in [6.07, 6.45) is 2.25. The van der Waals surface area contributed by atoms with Crippen molar-refractivity contribution < 1.29 is 18.7 Å². The molecule has 0 bridgehead atoms. The van der Waals surface area contributed by atoms with Crippen LogP contribution in [0.1, 0.15) is 28.2 Å². The third-order valence-electron chi connectivity index (χ3n) is 5.19. The van der Waals surface area contributed by atoms with E-state index in [0.29, 0.717) is 55.6 Å². The monoisotopic (exact) mass is 419 g/mol. The first-order valence-corrected chi connectivity index (χ1v) is 10.4. The lowest BCUT2D eigenvalue weighted by molar-refractivity contribution is -0.116. The van der Waals surface area contributed by atoms with E-state index < -0.39 is 0 Å². The highest BCUT2D eigenvalue weighted by molar-refractivity contribution is 6.03. The molecule has 0 radical (unpaired) electrons. The van der Waals surface area contributed by atoms with E-state index in [9.17, 15) is 9.59 Å². The molecular weight excluding hydrogens is 394 g/mol. The Labute approximate surface area is 181 Å². The second-order valence-corrected chi connectivity index (χ2v) is 7.48. The fourth-order valence-electron chi connectivity index (χ4n) is 3.43. The zero-order valence-corrected chi connectivity index (χ0v) is 17.5. The number of carbonyl (C=O) groups is 2. The van der Waals surface area contributed by atoms with Crippen molar-refractivity contribution >= 4 is 17.5 Å². The van der Waals surface area contributed by atoms with Gasteiger partial charge in [0, 0.05) is 31.5 Å². The van der Waals surface area contributed by atoms with Crippen molar-refractivity contribution in [3.63, 3.8) is 0 Å². The maximum absolute atomic E-state index is 12.8. The van der Waals surface area contributed by atoms with E-state index in [1.54, 1.807) is 35.4 Å². The van der Waals surface area contributed by atoms with Gasteiger partial charge in [-0.1, -0.05) is 42.0 Å². The molecule has 1 aliphatic heterocycles. The van der Waals surface area contributed by atoms with Gasteiger partial charge in [0.15, 0.2) is 11.7 Å². The lowest BCUT2D eigenvalue weighted by Gasteiger charge is -2.27. The topological polar surface area (TPSA) is 84.7 Å². The van der Waals surface area contributed by atoms with Crippen LogP contribution in [0.3, 0.4) is 0 Å². The highest BCUT2D eigenvalue weighted by atomic mass is 16.5. The highest BCUT2D eigenvalue weighted by Crippen LogP contribution is 2.22. The van der Waals surface area contributed by atoms with Crippen molar-refractivity contribution in [1.82, 2.24) is 9.88 Å². The fourth-order valence-corrected chi connectivity index (χ4v) is 3.43. The molecule has 0 unspecified atom stereocenters. The number of para-hydroxylation sites is 1. The number of nitrogens with one attached hydrogen (secondary N) is 1. The Kier molecular flexibility index (Phi) is 6.43. The van der Waals surface area contributed by atoms with Crippen molar-refractivity contribution in [1.29, 1.82) is 0 Å². The molecule has 1 N–H and O–H groups in total. The molecule has 2 aromatic carbocycles. The first-order chi connectivity index (χ1) is 15.1. The summed E-state index contributed by atoms with van der Waals surface area (Å²) < 4.78 is 11.1. The summed E-state index contributed by atoms with van der Waals surface area (Å²) in [4.78, 5) is 31.4. The zero-order valence-electron chi connectivity index (χ0n) is 17.5. The minimum absolute atomic E-state index is 0.102. The minimum Gasteiger partial charge on any atom is -0.441 e. The molecule has 160 valence electrons. The highest BCUT2D eigenvalue weighted by Gasteiger charge is 2.21. The Hall–Kier alpha value is -3.45. The molecule has 31 heavy (non-hydrogen) atoms. The number of oxazole rings is 1. The van der Waals surface area contributed by atoms with Gasteiger partial charge in [-0.2, -0.15) is 0 Å². The molecule has 0 aliphatic carbocycles. The third-order valence-corrected chi connectivity index (χ3v) is 5.19. The lowest BCUT2D eigenvalue weighted by atomic mass is 10.1. The predicted octanol–water partition coefficient (Wildman–Crippen LogP) is 3.69. The van der Waals surface area contributed by atoms with Crippen LogP contribution in [0.2, 0.25) is 0 Å². The van der Waals surface area contributed by atoms with Gasteiger partial charge in [0.05, 0.1) is 30.7 Å². The number of amides is 2. The van der Waals surface area contributed by atoms with Gasteiger partial charge in [-0.3, -0.25) is 9.59 Å². The van der Waals surface area contributed by atoms with Crippen LogP contribution in [0.25, 0.3) is 11.3 Å². The zero-order chi connectivity index (χ0) is 21.6. The standard InChI is InChI=1S/C24H25N3O4/c1-17-6-8-18(9-7-17)21-16-25-23(31-21)11-10-22(28)26-20-5-3-2-4-19(20)24(29)27-12-14-30-15-13-27/h2-9,16H,10-15H2,1H3,(H,26,28). The molecule has 2 amide bonds. The van der Waals surface area contributed by atoms with Gasteiger partial charge in [0.25, 0.3) is 5.91 Å². The lowest BCUT2D eigenvalue weighted by Crippen LogP contribution is -2.41. The number of aromatic nitrogens is 1. The largest absolute Gasteiger partial charge is 0.441 e. The molecule has 4 rings (SSSR count). The number of nitrogens with zero attached hydrogens (tertiary/aromatic N) is 2. The maximum Gasteiger partial charge on any atom is 0.256 e. The van der Waals surface area contributed by atoms with Gasteiger partial charge in [-0.15, -0.1) is 0 Å². The molecule has 3 aromatic rings. The minimum atomic E-state index is -0.197. The van der Waals surface area contributed by atoms with Crippen molar-refractivity contribution in [2.75, 3.05) is 31.6 Å². The summed E-state index contributed by atoms with van der Waals surface area (Å²) in [6, 6.07) is 15.1. The molecule has 1 aliphatic rings. The number of hydrogen-bond acceptors (Lipinski definition) is 5. The number of carbonyl (C=O) groups excluding carboxylic acids is 2. The molecule has 0 spiro atoms. The second-order valence-electron chi connectivity index (χ2n) is 7.48. The Bertz CT molecular complexity index is 1050. The SMILES string of the molecule is Cc1ccc(-c2cnc(CCC(=O)Nc3ccccc3C(=O)N3CCOCC3)o2)cc1. The number of aryl methyl sites for hydroxylation is 2. The van der Waals surface area contributed by atoms with Gasteiger partial charge >= 0.3 is 0 Å². The number of rotatable bonds is 6. The van der Waals surface area contributed by atoms with Crippen molar-refractivity contribution in [2.24, 2.45) is 0 Å². The summed E-state index contributed by atoms with van der Waals surface area (Å²) in [5.74, 6) is 0.882. The summed E-state index contributed by atoms with van der Waals surface area (Å²) >= 11 is 0. The van der Waals surface area contributed by atoms with E-state index >= 15 is 0 Å². The average molecular weight is 419 g/mol. The van der Waals surface area contributed by atoms with Crippen molar-refractivity contribution in [3.8, 4) is 11.3 Å². The third kappa shape index (κ3) is 5.19. The molecule has 7 heteroatoms. The van der Waals surface area contributed by atoms with Crippen LogP contribution >= 0.6 is 0 Å². The van der Waals surface area contributed by atoms with Crippen molar-refractivity contribution in [3.05, 3.63) is 71.7 Å². The smallest absolute Gasteiger partial charge is 0.256 e. The molecule has 0 atom stereocenters. The van der Waals surface area contributed by atoms with Crippen LogP contribution in [-0.2, 0) is 16.0 Å². The van der Waals surface area contributed by atoms with Gasteiger partial charge < -0.3 is 19.4 Å². The van der Waals surface area contributed by atoms with E-state index in [-0.39, 0.29) is 18.2 Å².